The molecule has 4 aliphatic rings. The molecule has 7 N–H and O–H groups in total. The Morgan fingerprint density at radius 1 is 0.949 bits per heavy atom. The second kappa shape index (κ2) is 23.4. The van der Waals surface area contributed by atoms with Crippen molar-refractivity contribution in [3.8, 4) is 23.1 Å². The topological polar surface area (TPSA) is 279 Å². The van der Waals surface area contributed by atoms with E-state index in [1.807, 2.05) is 41.8 Å². The van der Waals surface area contributed by atoms with E-state index in [0.717, 1.165) is 29.0 Å². The van der Waals surface area contributed by atoms with Crippen molar-refractivity contribution in [1.82, 2.24) is 35.6 Å². The first-order valence-corrected chi connectivity index (χ1v) is 28.8. The molecule has 19 nitrogen and oxygen atoms in total. The highest BCUT2D eigenvalue weighted by Gasteiger charge is 2.51. The van der Waals surface area contributed by atoms with E-state index in [1.165, 1.54) is 38.2 Å². The Morgan fingerprint density at radius 3 is 2.50 bits per heavy atom. The van der Waals surface area contributed by atoms with Crippen LogP contribution in [-0.4, -0.2) is 114 Å². The number of piperidine rings is 1. The number of imide groups is 1. The highest BCUT2D eigenvalue weighted by atomic mass is 32.1. The van der Waals surface area contributed by atoms with Gasteiger partial charge in [0, 0.05) is 83.7 Å². The molecule has 0 saturated carbocycles. The average molecular weight is 1130 g/mol. The van der Waals surface area contributed by atoms with Gasteiger partial charge in [-0.2, -0.15) is 8.78 Å². The van der Waals surface area contributed by atoms with Crippen LogP contribution in [0.25, 0.3) is 21.3 Å². The third kappa shape index (κ3) is 12.1. The quantitative estimate of drug-likeness (QED) is 0.0278. The number of thiazole rings is 1. The molecule has 3 fully saturated rings. The van der Waals surface area contributed by atoms with E-state index in [2.05, 4.69) is 27.8 Å². The van der Waals surface area contributed by atoms with Crippen LogP contribution in [0, 0.1) is 11.8 Å². The summed E-state index contributed by atoms with van der Waals surface area (Å²) in [7, 11) is -5.90. The number of nitrogens with one attached hydrogen (secondary N) is 3. The van der Waals surface area contributed by atoms with Gasteiger partial charge in [0.15, 0.2) is 0 Å². The number of primary amides is 1. The lowest BCUT2D eigenvalue weighted by molar-refractivity contribution is -0.145. The van der Waals surface area contributed by atoms with E-state index in [-0.39, 0.29) is 86.1 Å². The summed E-state index contributed by atoms with van der Waals surface area (Å²) in [5.74, 6) is 2.39. The van der Waals surface area contributed by atoms with Crippen LogP contribution in [0.5, 0.6) is 0 Å². The number of nitrogens with zero attached hydrogens (tertiary/aromatic N) is 4. The molecule has 9 rings (SSSR count). The molecule has 3 aromatic carbocycles. The number of hydrogen-bond acceptors (Lipinski definition) is 12. The molecule has 408 valence electrons. The summed E-state index contributed by atoms with van der Waals surface area (Å²) in [5, 5.41) is 10.6. The van der Waals surface area contributed by atoms with Crippen molar-refractivity contribution in [3.63, 3.8) is 0 Å². The predicted octanol–water partition coefficient (Wildman–Crippen LogP) is 5.83. The number of halogens is 2. The summed E-state index contributed by atoms with van der Waals surface area (Å²) in [6.45, 7) is 0.120. The molecule has 0 aliphatic carbocycles. The van der Waals surface area contributed by atoms with Crippen LogP contribution >= 0.6 is 30.3 Å². The Morgan fingerprint density at radius 2 is 1.74 bits per heavy atom. The maximum absolute atomic E-state index is 14.9. The number of hydrogen-bond donors (Lipinski definition) is 6. The van der Waals surface area contributed by atoms with Gasteiger partial charge < -0.3 is 40.9 Å². The first-order valence-electron chi connectivity index (χ1n) is 25.5. The minimum absolute atomic E-state index is 0.0142. The molecular formula is C54H55F2N8O11PS2. The number of benzene rings is 3. The normalized spacial score (nSPS) is 20.0. The number of alkyl halides is 2. The van der Waals surface area contributed by atoms with Crippen molar-refractivity contribution in [2.75, 3.05) is 13.1 Å². The van der Waals surface area contributed by atoms with Crippen molar-refractivity contribution in [3.05, 3.63) is 110 Å². The van der Waals surface area contributed by atoms with Gasteiger partial charge in [-0.15, -0.1) is 22.7 Å². The number of rotatable bonds is 17. The monoisotopic (exact) mass is 1120 g/mol. The van der Waals surface area contributed by atoms with Gasteiger partial charge in [-0.25, -0.2) is 4.98 Å². The molecule has 6 heterocycles. The van der Waals surface area contributed by atoms with Crippen LogP contribution in [0.15, 0.2) is 78.2 Å². The number of aromatic nitrogens is 1. The van der Waals surface area contributed by atoms with Gasteiger partial charge in [0.05, 0.1) is 16.6 Å². The zero-order valence-corrected chi connectivity index (χ0v) is 44.5. The maximum atomic E-state index is 14.9. The third-order valence-corrected chi connectivity index (χ3v) is 17.6. The summed E-state index contributed by atoms with van der Waals surface area (Å²) in [4.78, 5) is 135. The largest absolute Gasteiger partial charge is 0.399 e. The second-order valence-electron chi connectivity index (χ2n) is 19.7. The third-order valence-electron chi connectivity index (χ3n) is 14.5. The number of amides is 8. The highest BCUT2D eigenvalue weighted by Crippen LogP contribution is 2.59. The smallest absolute Gasteiger partial charge is 0.370 e. The van der Waals surface area contributed by atoms with Crippen molar-refractivity contribution in [1.29, 1.82) is 0 Å². The van der Waals surface area contributed by atoms with Crippen molar-refractivity contribution >= 4 is 87.6 Å². The van der Waals surface area contributed by atoms with Gasteiger partial charge in [-0.3, -0.25) is 48.2 Å². The molecule has 24 heteroatoms. The van der Waals surface area contributed by atoms with Crippen molar-refractivity contribution in [2.24, 2.45) is 5.73 Å². The number of carbonyl (C=O) groups excluding carboxylic acids is 8. The molecule has 2 unspecified atom stereocenters. The number of nitrogens with two attached hydrogens (primary N) is 1. The van der Waals surface area contributed by atoms with Gasteiger partial charge in [0.1, 0.15) is 23.1 Å². The number of carbonyl (C=O) groups is 8. The first-order chi connectivity index (χ1) is 37.3. The van der Waals surface area contributed by atoms with E-state index < -0.39 is 78.6 Å². The van der Waals surface area contributed by atoms with E-state index >= 15 is 0 Å². The van der Waals surface area contributed by atoms with E-state index in [0.29, 0.717) is 70.6 Å². The van der Waals surface area contributed by atoms with Crippen LogP contribution in [0.2, 0.25) is 0 Å². The number of thiophene rings is 1. The van der Waals surface area contributed by atoms with Gasteiger partial charge in [0.25, 0.3) is 11.8 Å². The van der Waals surface area contributed by atoms with E-state index in [4.69, 9.17) is 10.7 Å². The standard InChI is InChI=1S/C54H55F2N8O11PS2/c55-54(56,76(73,74)75)34-16-21-43-33(26-34)27-44(78-43)50(70)59-39-29-62(47(67)15-8-3-1-2-5-10-31-13-9-14-36-37(31)28-63(52(36)71)41-20-23-46(66)61-48(41)68)25-24-35-17-19-42(64(35)53(39)72)49(69)58-38(18-22-45(57)65)51-60-40(30-77-51)32-11-6-4-7-12-32/h4,6-7,9,11-14,16,21,26-27,30,35,38-39,41-42H,1-3,8,15,17-20,22-25,28-29H2,(H2,57,65)(H,58,69)(H,59,70)(H,61,66,68)(H2,73,74,75)/t35-,38?,39+,41?,42+/m1/s1. The highest BCUT2D eigenvalue weighted by molar-refractivity contribution is 7.52. The molecular weight excluding hydrogens is 1070 g/mol. The van der Waals surface area contributed by atoms with Crippen LogP contribution < -0.4 is 21.7 Å². The Balaban J connectivity index is 0.879. The van der Waals surface area contributed by atoms with Gasteiger partial charge >= 0.3 is 13.3 Å². The molecule has 3 saturated heterocycles. The Hall–Kier alpha value is -7.22. The van der Waals surface area contributed by atoms with Crippen molar-refractivity contribution in [2.45, 2.75) is 119 Å². The lowest BCUT2D eigenvalue weighted by atomic mass is 10.0. The summed E-state index contributed by atoms with van der Waals surface area (Å²) in [6.07, 6.45) is 3.77. The summed E-state index contributed by atoms with van der Waals surface area (Å²) < 4.78 is 41.4. The fraction of sp³-hybridized carbons (Fsp3) is 0.389. The molecule has 5 aromatic rings. The van der Waals surface area contributed by atoms with Crippen LogP contribution in [0.4, 0.5) is 8.78 Å². The SMILES string of the molecule is NC(=O)CCC(NC(=O)[C@@H]1CC[C@@H]2CCN(C(=O)CCCCCC#Cc3cccc4c3CN(C3CCC(=O)NC3=O)C4=O)C[C@H](NC(=O)c3cc4cc(C(F)(F)P(=O)(O)O)ccc4s3)C(=O)N21)c1nc(-c2ccccc2)cs1. The van der Waals surface area contributed by atoms with E-state index in [1.54, 1.807) is 12.1 Å². The zero-order chi connectivity index (χ0) is 55.5. The zero-order valence-electron chi connectivity index (χ0n) is 42.0. The minimum atomic E-state index is -5.90. The molecule has 0 radical (unpaired) electrons. The van der Waals surface area contributed by atoms with Gasteiger partial charge in [0.2, 0.25) is 35.4 Å². The second-order valence-corrected chi connectivity index (χ2v) is 23.3. The lowest BCUT2D eigenvalue weighted by Gasteiger charge is -2.39. The van der Waals surface area contributed by atoms with Crippen LogP contribution in [-0.2, 0) is 45.5 Å². The summed E-state index contributed by atoms with van der Waals surface area (Å²) in [5.41, 5.74) is 3.45. The molecule has 2 aromatic heterocycles. The molecule has 5 atom stereocenters. The van der Waals surface area contributed by atoms with Crippen molar-refractivity contribution < 1.29 is 61.5 Å². The molecule has 0 spiro atoms. The maximum Gasteiger partial charge on any atom is 0.399 e. The van der Waals surface area contributed by atoms with Crippen LogP contribution in [0.3, 0.4) is 0 Å². The lowest BCUT2D eigenvalue weighted by Crippen LogP contribution is -2.61. The first kappa shape index (κ1) is 55.5. The molecule has 8 amide bonds. The summed E-state index contributed by atoms with van der Waals surface area (Å²) >= 11 is 2.20. The van der Waals surface area contributed by atoms with Gasteiger partial charge in [-0.05, 0) is 86.2 Å². The van der Waals surface area contributed by atoms with E-state index in [9.17, 15) is 61.5 Å². The Labute approximate surface area is 454 Å². The Kier molecular flexibility index (Phi) is 16.7. The predicted molar refractivity (Wildman–Crippen MR) is 283 cm³/mol. The minimum Gasteiger partial charge on any atom is -0.370 e. The number of unbranched alkanes of at least 4 members (excludes halogenated alkanes) is 3. The molecule has 78 heavy (non-hydrogen) atoms. The molecule has 4 aliphatic heterocycles. The Bertz CT molecular complexity index is 3320. The fourth-order valence-electron chi connectivity index (χ4n) is 10.4. The number of fused-ring (bicyclic) bond motifs is 3. The van der Waals surface area contributed by atoms with Gasteiger partial charge in [-0.1, -0.05) is 60.7 Å². The fourth-order valence-corrected chi connectivity index (χ4v) is 12.7. The molecule has 0 bridgehead atoms. The average Bonchev–Trinajstić information content (AvgIpc) is 4.25. The van der Waals surface area contributed by atoms with Crippen LogP contribution in [0.1, 0.15) is 125 Å². The summed E-state index contributed by atoms with van der Waals surface area (Å²) in [6, 6.07) is 14.5.